The number of likely N-dealkylation sites (tertiary alicyclic amines) is 1. The maximum absolute atomic E-state index is 11.7. The molecule has 0 aliphatic carbocycles. The molecular weight excluding hydrogens is 318 g/mol. The molecule has 4 heterocycles. The Balaban J connectivity index is 1.37. The van der Waals surface area contributed by atoms with Crippen molar-refractivity contribution in [2.45, 2.75) is 63.0 Å². The minimum absolute atomic E-state index is 0.0316. The zero-order valence-corrected chi connectivity index (χ0v) is 15.1. The average molecular weight is 347 g/mol. The SMILES string of the molecule is Cc1nc(C2CCN(C3CCOC4(CCOCC4)C3)CC2)cc(=O)[nH]1. The van der Waals surface area contributed by atoms with Crippen molar-refractivity contribution in [3.8, 4) is 0 Å². The van der Waals surface area contributed by atoms with E-state index >= 15 is 0 Å². The lowest BCUT2D eigenvalue weighted by molar-refractivity contribution is -0.152. The molecular formula is C19H29N3O3. The summed E-state index contributed by atoms with van der Waals surface area (Å²) >= 11 is 0. The fourth-order valence-electron chi connectivity index (χ4n) is 4.78. The third-order valence-corrected chi connectivity index (χ3v) is 6.22. The summed E-state index contributed by atoms with van der Waals surface area (Å²) in [5, 5.41) is 0. The van der Waals surface area contributed by atoms with Crippen LogP contribution >= 0.6 is 0 Å². The number of ether oxygens (including phenoxy) is 2. The normalized spacial score (nSPS) is 28.3. The number of nitrogens with one attached hydrogen (secondary N) is 1. The highest BCUT2D eigenvalue weighted by molar-refractivity contribution is 5.10. The molecule has 1 unspecified atom stereocenters. The van der Waals surface area contributed by atoms with Crippen molar-refractivity contribution in [1.29, 1.82) is 0 Å². The Bertz CT molecular complexity index is 640. The lowest BCUT2D eigenvalue weighted by atomic mass is 9.82. The highest BCUT2D eigenvalue weighted by atomic mass is 16.5. The fraction of sp³-hybridized carbons (Fsp3) is 0.789. The monoisotopic (exact) mass is 347 g/mol. The van der Waals surface area contributed by atoms with Crippen LogP contribution in [0.15, 0.2) is 10.9 Å². The van der Waals surface area contributed by atoms with E-state index in [9.17, 15) is 4.79 Å². The van der Waals surface area contributed by atoms with Crippen molar-refractivity contribution in [1.82, 2.24) is 14.9 Å². The van der Waals surface area contributed by atoms with E-state index in [4.69, 9.17) is 9.47 Å². The van der Waals surface area contributed by atoms with Gasteiger partial charge in [0, 0.05) is 37.8 Å². The van der Waals surface area contributed by atoms with Gasteiger partial charge in [0.15, 0.2) is 0 Å². The molecule has 3 aliphatic rings. The summed E-state index contributed by atoms with van der Waals surface area (Å²) in [4.78, 5) is 21.7. The first kappa shape index (κ1) is 17.2. The minimum Gasteiger partial charge on any atom is -0.381 e. The molecule has 1 aromatic rings. The lowest BCUT2D eigenvalue weighted by Crippen LogP contribution is -2.52. The molecule has 6 nitrogen and oxygen atoms in total. The second-order valence-corrected chi connectivity index (χ2v) is 7.86. The van der Waals surface area contributed by atoms with E-state index in [1.54, 1.807) is 6.07 Å². The van der Waals surface area contributed by atoms with Crippen LogP contribution in [0, 0.1) is 6.92 Å². The Morgan fingerprint density at radius 3 is 2.68 bits per heavy atom. The molecule has 0 bridgehead atoms. The molecule has 0 radical (unpaired) electrons. The van der Waals surface area contributed by atoms with Crippen molar-refractivity contribution in [2.75, 3.05) is 32.9 Å². The zero-order valence-electron chi connectivity index (χ0n) is 15.1. The molecule has 4 rings (SSSR count). The predicted octanol–water partition coefficient (Wildman–Crippen LogP) is 1.99. The van der Waals surface area contributed by atoms with Crippen molar-refractivity contribution >= 4 is 0 Å². The van der Waals surface area contributed by atoms with Crippen molar-refractivity contribution < 1.29 is 9.47 Å². The molecule has 0 saturated carbocycles. The number of aromatic amines is 1. The highest BCUT2D eigenvalue weighted by Gasteiger charge is 2.41. The largest absolute Gasteiger partial charge is 0.381 e. The minimum atomic E-state index is -0.0316. The van der Waals surface area contributed by atoms with Crippen LogP contribution in [-0.4, -0.2) is 59.4 Å². The van der Waals surface area contributed by atoms with Gasteiger partial charge in [0.25, 0.3) is 5.56 Å². The van der Waals surface area contributed by atoms with Gasteiger partial charge in [-0.15, -0.1) is 0 Å². The molecule has 6 heteroatoms. The lowest BCUT2D eigenvalue weighted by Gasteiger charge is -2.47. The summed E-state index contributed by atoms with van der Waals surface area (Å²) in [6, 6.07) is 2.31. The number of piperidine rings is 1. The third-order valence-electron chi connectivity index (χ3n) is 6.22. The molecule has 3 aliphatic heterocycles. The molecule has 1 aromatic heterocycles. The van der Waals surface area contributed by atoms with Gasteiger partial charge in [-0.2, -0.15) is 0 Å². The van der Waals surface area contributed by atoms with Gasteiger partial charge in [-0.25, -0.2) is 4.98 Å². The Morgan fingerprint density at radius 1 is 1.20 bits per heavy atom. The second kappa shape index (κ2) is 7.17. The summed E-state index contributed by atoms with van der Waals surface area (Å²) in [6.07, 6.45) is 6.53. The Kier molecular flexibility index (Phi) is 4.93. The van der Waals surface area contributed by atoms with Gasteiger partial charge >= 0.3 is 0 Å². The van der Waals surface area contributed by atoms with E-state index in [2.05, 4.69) is 14.9 Å². The molecule has 3 fully saturated rings. The van der Waals surface area contributed by atoms with Crippen LogP contribution in [0.1, 0.15) is 56.0 Å². The number of rotatable bonds is 2. The summed E-state index contributed by atoms with van der Waals surface area (Å²) < 4.78 is 11.7. The van der Waals surface area contributed by atoms with E-state index < -0.39 is 0 Å². The highest BCUT2D eigenvalue weighted by Crippen LogP contribution is 2.37. The van der Waals surface area contributed by atoms with E-state index in [-0.39, 0.29) is 11.2 Å². The van der Waals surface area contributed by atoms with Crippen LogP contribution in [0.3, 0.4) is 0 Å². The Morgan fingerprint density at radius 2 is 1.96 bits per heavy atom. The first-order valence-corrected chi connectivity index (χ1v) is 9.67. The number of hydrogen-bond acceptors (Lipinski definition) is 5. The van der Waals surface area contributed by atoms with Crippen LogP contribution < -0.4 is 5.56 Å². The Hall–Kier alpha value is -1.24. The second-order valence-electron chi connectivity index (χ2n) is 7.86. The summed E-state index contributed by atoms with van der Waals surface area (Å²) in [7, 11) is 0. The standard InChI is InChI=1S/C19H29N3O3/c1-14-20-17(12-18(23)21-14)15-2-7-22(8-3-15)16-4-9-25-19(13-16)5-10-24-11-6-19/h12,15-16H,2-11,13H2,1H3,(H,20,21,23). The summed E-state index contributed by atoms with van der Waals surface area (Å²) in [5.41, 5.74) is 0.994. The number of hydrogen-bond donors (Lipinski definition) is 1. The van der Waals surface area contributed by atoms with Gasteiger partial charge in [-0.1, -0.05) is 0 Å². The van der Waals surface area contributed by atoms with Gasteiger partial charge in [-0.05, 0) is 58.5 Å². The van der Waals surface area contributed by atoms with Gasteiger partial charge < -0.3 is 19.4 Å². The Labute approximate surface area is 148 Å². The number of aryl methyl sites for hydroxylation is 1. The van der Waals surface area contributed by atoms with E-state index in [1.807, 2.05) is 6.92 Å². The molecule has 1 atom stereocenters. The van der Waals surface area contributed by atoms with Gasteiger partial charge in [0.05, 0.1) is 11.3 Å². The third kappa shape index (κ3) is 3.81. The molecule has 1 N–H and O–H groups in total. The van der Waals surface area contributed by atoms with Crippen LogP contribution in [0.25, 0.3) is 0 Å². The maximum Gasteiger partial charge on any atom is 0.251 e. The van der Waals surface area contributed by atoms with Crippen molar-refractivity contribution in [3.05, 3.63) is 27.9 Å². The van der Waals surface area contributed by atoms with Crippen molar-refractivity contribution in [3.63, 3.8) is 0 Å². The van der Waals surface area contributed by atoms with Gasteiger partial charge in [0.1, 0.15) is 5.82 Å². The smallest absolute Gasteiger partial charge is 0.251 e. The zero-order chi connectivity index (χ0) is 17.3. The van der Waals surface area contributed by atoms with Crippen LogP contribution in [0.4, 0.5) is 0 Å². The van der Waals surface area contributed by atoms with Gasteiger partial charge in [-0.3, -0.25) is 4.79 Å². The van der Waals surface area contributed by atoms with Gasteiger partial charge in [0.2, 0.25) is 0 Å². The first-order valence-electron chi connectivity index (χ1n) is 9.67. The molecule has 0 amide bonds. The first-order chi connectivity index (χ1) is 12.1. The summed E-state index contributed by atoms with van der Waals surface area (Å²) in [5.74, 6) is 1.13. The number of aromatic nitrogens is 2. The molecule has 138 valence electrons. The van der Waals surface area contributed by atoms with E-state index in [0.717, 1.165) is 83.0 Å². The topological polar surface area (TPSA) is 67.5 Å². The maximum atomic E-state index is 11.7. The predicted molar refractivity (Wildman–Crippen MR) is 94.9 cm³/mol. The van der Waals surface area contributed by atoms with Crippen LogP contribution in [0.2, 0.25) is 0 Å². The molecule has 0 aromatic carbocycles. The van der Waals surface area contributed by atoms with E-state index in [1.165, 1.54) is 0 Å². The number of nitrogens with zero attached hydrogens (tertiary/aromatic N) is 2. The summed E-state index contributed by atoms with van der Waals surface area (Å²) in [6.45, 7) is 6.59. The fourth-order valence-corrected chi connectivity index (χ4v) is 4.78. The van der Waals surface area contributed by atoms with Crippen LogP contribution in [0.5, 0.6) is 0 Å². The molecule has 25 heavy (non-hydrogen) atoms. The van der Waals surface area contributed by atoms with E-state index in [0.29, 0.717) is 12.0 Å². The molecule has 3 saturated heterocycles. The number of H-pyrrole nitrogens is 1. The van der Waals surface area contributed by atoms with Crippen LogP contribution in [-0.2, 0) is 9.47 Å². The average Bonchev–Trinajstić information content (AvgIpc) is 2.62. The quantitative estimate of drug-likeness (QED) is 0.886. The van der Waals surface area contributed by atoms with Crippen molar-refractivity contribution in [2.24, 2.45) is 0 Å². The molecule has 1 spiro atoms.